The molecule has 6 rings (SSSR count). The summed E-state index contributed by atoms with van der Waals surface area (Å²) in [6, 6.07) is 9.31. The summed E-state index contributed by atoms with van der Waals surface area (Å²) < 4.78 is 133. The van der Waals surface area contributed by atoms with Crippen LogP contribution >= 0.6 is 0 Å². The number of hydrogen-bond donors (Lipinski definition) is 8. The van der Waals surface area contributed by atoms with Crippen LogP contribution < -0.4 is 10.6 Å². The monoisotopic (exact) mass is 902 g/mol. The second-order valence-electron chi connectivity index (χ2n) is 12.8. The third-order valence-electron chi connectivity index (χ3n) is 8.62. The smallest absolute Gasteiger partial charge is 0.323 e. The number of urea groups is 1. The van der Waals surface area contributed by atoms with Gasteiger partial charge in [-0.3, -0.25) is 27.8 Å². The number of aliphatic imine (C=N–C) groups is 2. The summed E-state index contributed by atoms with van der Waals surface area (Å²) in [5.41, 5.74) is -2.31. The van der Waals surface area contributed by atoms with Gasteiger partial charge in [0.05, 0.1) is 31.0 Å². The van der Waals surface area contributed by atoms with E-state index in [1.165, 1.54) is 36.4 Å². The molecule has 8 N–H and O–H groups in total. The second kappa shape index (κ2) is 15.6. The Bertz CT molecular complexity index is 2940. The van der Waals surface area contributed by atoms with Gasteiger partial charge in [0.2, 0.25) is 0 Å². The molecule has 0 fully saturated rings. The summed E-state index contributed by atoms with van der Waals surface area (Å²) >= 11 is 0. The van der Waals surface area contributed by atoms with Crippen LogP contribution in [0.4, 0.5) is 16.2 Å². The van der Waals surface area contributed by atoms with Gasteiger partial charge in [-0.15, -0.1) is 0 Å². The Hall–Kier alpha value is -6.45. The minimum Gasteiger partial charge on any atom is -0.507 e. The molecule has 0 saturated heterocycles. The maximum Gasteiger partial charge on any atom is 0.323 e. The van der Waals surface area contributed by atoms with Crippen molar-refractivity contribution in [3.05, 3.63) is 150 Å². The molecule has 4 aliphatic rings. The van der Waals surface area contributed by atoms with Gasteiger partial charge in [-0.1, -0.05) is 12.1 Å². The molecule has 0 bridgehead atoms. The molecular weight excluding hydrogens is 877 g/mol. The Balaban J connectivity index is 1.22. The highest BCUT2D eigenvalue weighted by atomic mass is 32.2. The first-order valence-corrected chi connectivity index (χ1v) is 22.1. The Morgan fingerprint density at radius 1 is 0.517 bits per heavy atom. The molecule has 2 aromatic rings. The Kier molecular flexibility index (Phi) is 11.2. The Morgan fingerprint density at radius 3 is 1.22 bits per heavy atom. The van der Waals surface area contributed by atoms with Crippen molar-refractivity contribution in [2.75, 3.05) is 10.6 Å². The molecule has 0 heterocycles. The van der Waals surface area contributed by atoms with Gasteiger partial charge in [-0.05, 0) is 84.0 Å². The number of allylic oxidation sites excluding steroid dienone is 12. The fourth-order valence-electron chi connectivity index (χ4n) is 6.02. The largest absolute Gasteiger partial charge is 0.507 e. The van der Waals surface area contributed by atoms with Crippen LogP contribution in [0.3, 0.4) is 0 Å². The van der Waals surface area contributed by atoms with Crippen molar-refractivity contribution in [2.45, 2.75) is 12.8 Å². The van der Waals surface area contributed by atoms with Crippen LogP contribution in [0.5, 0.6) is 0 Å². The summed E-state index contributed by atoms with van der Waals surface area (Å²) in [4.78, 5) is 44.3. The zero-order chi connectivity index (χ0) is 44.1. The van der Waals surface area contributed by atoms with Gasteiger partial charge in [0.25, 0.3) is 52.3 Å². The number of nitrogens with zero attached hydrogens (tertiary/aromatic N) is 2. The average molecular weight is 903 g/mol. The fourth-order valence-corrected chi connectivity index (χ4v) is 8.32. The number of fused-ring (bicyclic) bond motifs is 2. The first-order valence-electron chi connectivity index (χ1n) is 16.4. The van der Waals surface area contributed by atoms with Crippen molar-refractivity contribution in [1.82, 2.24) is 0 Å². The SMILES string of the molecule is O=C(Nc1cccc(C(=O)N=C2C=C(S(=O)(=O)O)C=C3CC(S(=O)(=O)O)=CC(O)=C32)c1)Nc1cccc(C(=O)N=C2C=C(S(=O)(=O)O)C=C3CC(S(=O)(=O)O)=CC(O)=C32)c1. The average Bonchev–Trinajstić information content (AvgIpc) is 3.12. The van der Waals surface area contributed by atoms with E-state index in [1.54, 1.807) is 0 Å². The van der Waals surface area contributed by atoms with Crippen molar-refractivity contribution >= 4 is 81.1 Å². The number of amides is 4. The topological polar surface area (TPSA) is 358 Å². The molecule has 0 aliphatic heterocycles. The van der Waals surface area contributed by atoms with E-state index >= 15 is 0 Å². The molecule has 2 aromatic carbocycles. The summed E-state index contributed by atoms with van der Waals surface area (Å²) in [7, 11) is -19.6. The van der Waals surface area contributed by atoms with E-state index < -0.39 is 114 Å². The van der Waals surface area contributed by atoms with Crippen LogP contribution in [-0.4, -0.2) is 91.4 Å². The number of carbonyl (C=O) groups is 3. The van der Waals surface area contributed by atoms with E-state index in [-0.39, 0.29) is 44.8 Å². The minimum absolute atomic E-state index is 0.00499. The number of rotatable bonds is 8. The van der Waals surface area contributed by atoms with E-state index in [9.17, 15) is 76.5 Å². The van der Waals surface area contributed by atoms with Gasteiger partial charge >= 0.3 is 6.03 Å². The predicted molar refractivity (Wildman–Crippen MR) is 212 cm³/mol. The third-order valence-corrected chi connectivity index (χ3v) is 12.1. The van der Waals surface area contributed by atoms with Gasteiger partial charge in [0.15, 0.2) is 0 Å². The zero-order valence-electron chi connectivity index (χ0n) is 29.7. The lowest BCUT2D eigenvalue weighted by atomic mass is 9.89. The van der Waals surface area contributed by atoms with E-state index in [1.807, 2.05) is 0 Å². The lowest BCUT2D eigenvalue weighted by Crippen LogP contribution is -2.21. The molecule has 21 nitrogen and oxygen atoms in total. The quantitative estimate of drug-likeness (QED) is 0.174. The number of aliphatic hydroxyl groups is 2. The van der Waals surface area contributed by atoms with Crippen LogP contribution in [0.15, 0.2) is 148 Å². The van der Waals surface area contributed by atoms with E-state index in [0.29, 0.717) is 12.2 Å². The summed E-state index contributed by atoms with van der Waals surface area (Å²) in [5.74, 6) is -3.68. The van der Waals surface area contributed by atoms with Crippen LogP contribution in [-0.2, 0) is 40.5 Å². The fraction of sp³-hybridized carbons (Fsp3) is 0.0571. The van der Waals surface area contributed by atoms with Gasteiger partial charge in [0.1, 0.15) is 11.5 Å². The Labute approximate surface area is 339 Å². The molecule has 25 heteroatoms. The molecule has 0 spiro atoms. The maximum atomic E-state index is 13.3. The lowest BCUT2D eigenvalue weighted by molar-refractivity contribution is 0.0994. The van der Waals surface area contributed by atoms with Gasteiger partial charge in [-0.2, -0.15) is 33.7 Å². The van der Waals surface area contributed by atoms with Crippen molar-refractivity contribution in [3.63, 3.8) is 0 Å². The zero-order valence-corrected chi connectivity index (χ0v) is 33.0. The third kappa shape index (κ3) is 9.53. The van der Waals surface area contributed by atoms with Crippen LogP contribution in [0.25, 0.3) is 0 Å². The van der Waals surface area contributed by atoms with Crippen LogP contribution in [0, 0.1) is 0 Å². The summed E-state index contributed by atoms with van der Waals surface area (Å²) in [6.07, 6.45) is 3.28. The number of hydrogen-bond acceptors (Lipinski definition) is 13. The number of anilines is 2. The molecule has 4 amide bonds. The number of nitrogens with one attached hydrogen (secondary N) is 2. The Morgan fingerprint density at radius 2 is 0.883 bits per heavy atom. The highest BCUT2D eigenvalue weighted by Gasteiger charge is 2.34. The molecule has 312 valence electrons. The molecule has 0 aromatic heterocycles. The molecule has 60 heavy (non-hydrogen) atoms. The van der Waals surface area contributed by atoms with E-state index in [0.717, 1.165) is 36.4 Å². The van der Waals surface area contributed by atoms with Crippen molar-refractivity contribution in [3.8, 4) is 0 Å². The number of aliphatic hydroxyl groups excluding tert-OH is 2. The predicted octanol–water partition coefficient (Wildman–Crippen LogP) is 3.89. The molecule has 0 saturated carbocycles. The number of benzene rings is 2. The molecule has 4 aliphatic carbocycles. The van der Waals surface area contributed by atoms with Gasteiger partial charge in [0, 0.05) is 46.5 Å². The lowest BCUT2D eigenvalue weighted by Gasteiger charge is -2.22. The summed E-state index contributed by atoms with van der Waals surface area (Å²) in [6.45, 7) is 0. The van der Waals surface area contributed by atoms with E-state index in [4.69, 9.17) is 0 Å². The minimum atomic E-state index is -4.95. The molecule has 0 unspecified atom stereocenters. The number of carbonyl (C=O) groups excluding carboxylic acids is 3. The first kappa shape index (κ1) is 43.1. The highest BCUT2D eigenvalue weighted by molar-refractivity contribution is 7.90. The maximum absolute atomic E-state index is 13.3. The van der Waals surface area contributed by atoms with Crippen molar-refractivity contribution < 1.29 is 76.5 Å². The van der Waals surface area contributed by atoms with Crippen LogP contribution in [0.1, 0.15) is 33.6 Å². The normalized spacial score (nSPS) is 18.6. The molecule has 0 radical (unpaired) electrons. The first-order chi connectivity index (χ1) is 27.8. The molecule has 0 atom stereocenters. The van der Waals surface area contributed by atoms with Crippen molar-refractivity contribution in [2.24, 2.45) is 9.98 Å². The van der Waals surface area contributed by atoms with E-state index in [2.05, 4.69) is 20.6 Å². The highest BCUT2D eigenvalue weighted by Crippen LogP contribution is 2.38. The standard InChI is InChI=1S/C35H26N4O17S4/c40-29-15-25(59(51,52)53)11-19-9-23(57(45,46)47)13-27(31(19)29)38-33(42)17-3-1-5-21(7-17)36-35(44)37-22-6-2-4-18(8-22)34(43)39-28-14-24(58(48,49)50)10-20-12-26(60(54,55)56)16-30(41)32(20)28/h1-10,13-16,40-41H,11-12H2,(H2,36,37,44)(H,45,46,47)(H,48,49,50)(H,51,52,53)(H,54,55,56). The molecular formula is C35H26N4O17S4. The second-order valence-corrected chi connectivity index (χ2v) is 18.6. The van der Waals surface area contributed by atoms with Gasteiger partial charge < -0.3 is 20.8 Å². The van der Waals surface area contributed by atoms with Crippen LogP contribution in [0.2, 0.25) is 0 Å². The van der Waals surface area contributed by atoms with Crippen molar-refractivity contribution in [1.29, 1.82) is 0 Å². The van der Waals surface area contributed by atoms with Gasteiger partial charge in [-0.25, -0.2) is 14.8 Å². The summed E-state index contributed by atoms with van der Waals surface area (Å²) in [5, 5.41) is 26.1.